The summed E-state index contributed by atoms with van der Waals surface area (Å²) in [5.74, 6) is 0. The summed E-state index contributed by atoms with van der Waals surface area (Å²) in [4.78, 5) is 0. The maximum Gasteiger partial charge on any atom is 0.187 e. The number of benzene rings is 1. The van der Waals surface area contributed by atoms with Gasteiger partial charge in [0.15, 0.2) is 6.29 Å². The molecule has 5 unspecified atom stereocenters. The van der Waals surface area contributed by atoms with Gasteiger partial charge in [0.25, 0.3) is 0 Å². The molecule has 5 atom stereocenters. The van der Waals surface area contributed by atoms with Gasteiger partial charge in [0.1, 0.15) is 24.4 Å². The topological polar surface area (TPSA) is 55.4 Å². The first-order valence-corrected chi connectivity index (χ1v) is 11.6. The smallest absolute Gasteiger partial charge is 0.187 e. The summed E-state index contributed by atoms with van der Waals surface area (Å²) in [6.45, 7) is 16.9. The Balaban J connectivity index is 2.30. The van der Waals surface area contributed by atoms with E-state index in [9.17, 15) is 0 Å². The fraction of sp³-hybridized carbons (Fsp3) is 0.760. The Kier molecular flexibility index (Phi) is 10.9. The minimum Gasteiger partial charge on any atom is -0.376 e. The maximum absolute atomic E-state index is 6.42. The molecule has 0 N–H and O–H groups in total. The molecule has 0 amide bonds. The van der Waals surface area contributed by atoms with Crippen molar-refractivity contribution in [2.75, 3.05) is 6.61 Å². The molecule has 1 saturated heterocycles. The summed E-state index contributed by atoms with van der Waals surface area (Å²) >= 11 is 0. The van der Waals surface area contributed by atoms with Crippen LogP contribution < -0.4 is 0 Å². The lowest BCUT2D eigenvalue weighted by Crippen LogP contribution is -2.63. The highest BCUT2D eigenvalue weighted by Gasteiger charge is 2.50. The summed E-state index contributed by atoms with van der Waals surface area (Å²) in [7, 11) is 0. The van der Waals surface area contributed by atoms with Crippen molar-refractivity contribution in [3.8, 4) is 0 Å². The van der Waals surface area contributed by atoms with Gasteiger partial charge in [0, 0.05) is 0 Å². The van der Waals surface area contributed by atoms with Gasteiger partial charge in [-0.25, -0.2) is 0 Å². The molecule has 178 valence electrons. The third-order valence-electron chi connectivity index (χ3n) is 4.73. The van der Waals surface area contributed by atoms with Gasteiger partial charge in [-0.05, 0) is 61.0 Å². The van der Waals surface area contributed by atoms with E-state index in [1.165, 1.54) is 0 Å². The lowest BCUT2D eigenvalue weighted by molar-refractivity contribution is -0.337. The third-order valence-corrected chi connectivity index (χ3v) is 4.73. The minimum absolute atomic E-state index is 0.000986. The maximum atomic E-state index is 6.42. The number of ether oxygens (including phenoxy) is 6. The molecular weight excluding hydrogens is 396 g/mol. The third kappa shape index (κ3) is 8.79. The van der Waals surface area contributed by atoms with Gasteiger partial charge in [0.05, 0.1) is 37.6 Å². The Morgan fingerprint density at radius 2 is 1.26 bits per heavy atom. The Bertz CT molecular complexity index is 603. The van der Waals surface area contributed by atoms with E-state index < -0.39 is 12.4 Å². The van der Waals surface area contributed by atoms with Crippen LogP contribution in [0.3, 0.4) is 0 Å². The van der Waals surface area contributed by atoms with Gasteiger partial charge in [-0.2, -0.15) is 0 Å². The summed E-state index contributed by atoms with van der Waals surface area (Å²) < 4.78 is 37.6. The van der Waals surface area contributed by atoms with Gasteiger partial charge < -0.3 is 28.4 Å². The van der Waals surface area contributed by atoms with E-state index in [-0.39, 0.29) is 42.7 Å². The number of rotatable bonds is 12. The van der Waals surface area contributed by atoms with Crippen molar-refractivity contribution in [2.24, 2.45) is 0 Å². The van der Waals surface area contributed by atoms with Crippen LogP contribution in [0.4, 0.5) is 0 Å². The van der Waals surface area contributed by atoms with E-state index in [1.54, 1.807) is 0 Å². The Labute approximate surface area is 188 Å². The van der Waals surface area contributed by atoms with Gasteiger partial charge in [-0.1, -0.05) is 30.3 Å². The van der Waals surface area contributed by atoms with Crippen molar-refractivity contribution in [2.45, 2.75) is 117 Å². The van der Waals surface area contributed by atoms with Crippen LogP contribution in [0, 0.1) is 0 Å². The molecule has 0 aromatic heterocycles. The van der Waals surface area contributed by atoms with Gasteiger partial charge >= 0.3 is 0 Å². The van der Waals surface area contributed by atoms with Crippen LogP contribution in [0.1, 0.15) is 61.0 Å². The molecule has 0 radical (unpaired) electrons. The number of hydrogen-bond acceptors (Lipinski definition) is 6. The standard InChI is InChI=1S/C25H42O6/c1-16(2)26-15-21-22(28-17(3)4)23(29-18(5)6)24(30-19(7)8)25(31-21)27-14-20-12-10-9-11-13-20/h9-13,16-19,21-25H,14-15H2,1-8H3. The molecule has 0 saturated carbocycles. The molecule has 1 fully saturated rings. The van der Waals surface area contributed by atoms with Crippen molar-refractivity contribution in [1.29, 1.82) is 0 Å². The number of hydrogen-bond donors (Lipinski definition) is 0. The predicted molar refractivity (Wildman–Crippen MR) is 121 cm³/mol. The molecule has 2 rings (SSSR count). The first kappa shape index (κ1) is 26.2. The van der Waals surface area contributed by atoms with Crippen molar-refractivity contribution in [3.63, 3.8) is 0 Å². The van der Waals surface area contributed by atoms with Crippen molar-refractivity contribution < 1.29 is 28.4 Å². The summed E-state index contributed by atoms with van der Waals surface area (Å²) in [5, 5.41) is 0. The van der Waals surface area contributed by atoms with Crippen LogP contribution >= 0.6 is 0 Å². The highest BCUT2D eigenvalue weighted by molar-refractivity contribution is 5.13. The Morgan fingerprint density at radius 1 is 0.710 bits per heavy atom. The van der Waals surface area contributed by atoms with E-state index >= 15 is 0 Å². The first-order valence-electron chi connectivity index (χ1n) is 11.6. The van der Waals surface area contributed by atoms with Crippen LogP contribution in [0.15, 0.2) is 30.3 Å². The first-order chi connectivity index (χ1) is 14.7. The van der Waals surface area contributed by atoms with Crippen molar-refractivity contribution >= 4 is 0 Å². The van der Waals surface area contributed by atoms with Crippen LogP contribution in [0.5, 0.6) is 0 Å². The quantitative estimate of drug-likeness (QED) is 0.470. The zero-order valence-electron chi connectivity index (χ0n) is 20.4. The molecule has 1 aliphatic rings. The molecular formula is C25H42O6. The Morgan fingerprint density at radius 3 is 1.81 bits per heavy atom. The summed E-state index contributed by atoms with van der Waals surface area (Å²) in [5.41, 5.74) is 1.08. The summed E-state index contributed by atoms with van der Waals surface area (Å²) in [6, 6.07) is 10.1. The fourth-order valence-electron chi connectivity index (χ4n) is 3.59. The second-order valence-electron chi connectivity index (χ2n) is 9.17. The zero-order chi connectivity index (χ0) is 23.0. The molecule has 0 bridgehead atoms. The second-order valence-corrected chi connectivity index (χ2v) is 9.17. The molecule has 6 nitrogen and oxygen atoms in total. The Hall–Kier alpha value is -1.02. The molecule has 31 heavy (non-hydrogen) atoms. The lowest BCUT2D eigenvalue weighted by Gasteiger charge is -2.47. The van der Waals surface area contributed by atoms with E-state index in [1.807, 2.05) is 85.7 Å². The van der Waals surface area contributed by atoms with Crippen LogP contribution in [0.2, 0.25) is 0 Å². The van der Waals surface area contributed by atoms with Gasteiger partial charge in [0.2, 0.25) is 0 Å². The van der Waals surface area contributed by atoms with E-state index in [2.05, 4.69) is 0 Å². The fourth-order valence-corrected chi connectivity index (χ4v) is 3.59. The van der Waals surface area contributed by atoms with E-state index in [0.717, 1.165) is 5.56 Å². The average Bonchev–Trinajstić information content (AvgIpc) is 2.68. The lowest BCUT2D eigenvalue weighted by atomic mass is 9.97. The molecule has 1 heterocycles. The van der Waals surface area contributed by atoms with Crippen molar-refractivity contribution in [1.82, 2.24) is 0 Å². The van der Waals surface area contributed by atoms with Crippen molar-refractivity contribution in [3.05, 3.63) is 35.9 Å². The minimum atomic E-state index is -0.598. The van der Waals surface area contributed by atoms with E-state index in [0.29, 0.717) is 13.2 Å². The van der Waals surface area contributed by atoms with Crippen LogP contribution in [0.25, 0.3) is 0 Å². The molecule has 1 aliphatic heterocycles. The van der Waals surface area contributed by atoms with Gasteiger partial charge in [-0.15, -0.1) is 0 Å². The monoisotopic (exact) mass is 438 g/mol. The predicted octanol–water partition coefficient (Wildman–Crippen LogP) is 4.73. The van der Waals surface area contributed by atoms with Gasteiger partial charge in [-0.3, -0.25) is 0 Å². The SMILES string of the molecule is CC(C)OCC1OC(OCc2ccccc2)C(OC(C)C)C(OC(C)C)C1OC(C)C. The normalized spacial score (nSPS) is 27.0. The highest BCUT2D eigenvalue weighted by atomic mass is 16.7. The van der Waals surface area contributed by atoms with Crippen LogP contribution in [-0.4, -0.2) is 61.7 Å². The van der Waals surface area contributed by atoms with E-state index in [4.69, 9.17) is 28.4 Å². The van der Waals surface area contributed by atoms with Crippen LogP contribution in [-0.2, 0) is 35.0 Å². The molecule has 6 heteroatoms. The molecule has 0 aliphatic carbocycles. The largest absolute Gasteiger partial charge is 0.376 e. The second kappa shape index (κ2) is 12.9. The zero-order valence-corrected chi connectivity index (χ0v) is 20.4. The average molecular weight is 439 g/mol. The summed E-state index contributed by atoms with van der Waals surface area (Å²) in [6.07, 6.45) is -1.96. The molecule has 1 aromatic rings. The highest BCUT2D eigenvalue weighted by Crippen LogP contribution is 2.32. The molecule has 1 aromatic carbocycles. The molecule has 0 spiro atoms.